The van der Waals surface area contributed by atoms with Crippen LogP contribution in [0.2, 0.25) is 5.02 Å². The van der Waals surface area contributed by atoms with Crippen molar-refractivity contribution >= 4 is 11.6 Å². The number of benzene rings is 1. The Kier molecular flexibility index (Phi) is 5.05. The number of rotatable bonds is 4. The normalized spacial score (nSPS) is 28.4. The lowest BCUT2D eigenvalue weighted by atomic mass is 9.64. The summed E-state index contributed by atoms with van der Waals surface area (Å²) in [5.74, 6) is 0.151. The number of aliphatic hydroxyl groups excluding tert-OH is 1. The fraction of sp³-hybridized carbons (Fsp3) is 0.625. The van der Waals surface area contributed by atoms with Gasteiger partial charge < -0.3 is 10.8 Å². The number of hydrogen-bond acceptors (Lipinski definition) is 2. The molecule has 0 saturated heterocycles. The summed E-state index contributed by atoms with van der Waals surface area (Å²) in [5, 5.41) is 11.2. The number of halogens is 2. The first kappa shape index (κ1) is 15.7. The zero-order valence-corrected chi connectivity index (χ0v) is 12.7. The molecule has 1 aliphatic rings. The maximum atomic E-state index is 14.0. The Hall–Kier alpha value is -0.640. The Morgan fingerprint density at radius 3 is 2.95 bits per heavy atom. The molecular weight excluding hydrogens is 277 g/mol. The van der Waals surface area contributed by atoms with Crippen LogP contribution in [0.5, 0.6) is 0 Å². The van der Waals surface area contributed by atoms with Crippen LogP contribution in [0.3, 0.4) is 0 Å². The van der Waals surface area contributed by atoms with Crippen LogP contribution in [0.4, 0.5) is 4.39 Å². The van der Waals surface area contributed by atoms with E-state index >= 15 is 0 Å². The summed E-state index contributed by atoms with van der Waals surface area (Å²) in [6.07, 6.45) is 4.09. The molecule has 2 nitrogen and oxygen atoms in total. The second kappa shape index (κ2) is 6.42. The lowest BCUT2D eigenvalue weighted by Crippen LogP contribution is -2.41. The monoisotopic (exact) mass is 299 g/mol. The number of hydrogen-bond donors (Lipinski definition) is 2. The van der Waals surface area contributed by atoms with Gasteiger partial charge >= 0.3 is 0 Å². The molecule has 20 heavy (non-hydrogen) atoms. The minimum absolute atomic E-state index is 0.278. The Balaban J connectivity index is 2.32. The second-order valence-corrected chi connectivity index (χ2v) is 6.44. The SMILES string of the molecule is CCC1CCCC(CN)(C(O)c2cc(Cl)ccc2F)C1. The molecule has 3 N–H and O–H groups in total. The highest BCUT2D eigenvalue weighted by molar-refractivity contribution is 6.30. The molecular formula is C16H23ClFNO. The van der Waals surface area contributed by atoms with Gasteiger partial charge in [-0.1, -0.05) is 37.8 Å². The lowest BCUT2D eigenvalue weighted by Gasteiger charge is -2.43. The average molecular weight is 300 g/mol. The molecule has 0 aliphatic heterocycles. The van der Waals surface area contributed by atoms with Crippen molar-refractivity contribution in [1.82, 2.24) is 0 Å². The highest BCUT2D eigenvalue weighted by atomic mass is 35.5. The van der Waals surface area contributed by atoms with Gasteiger partial charge in [0.15, 0.2) is 0 Å². The first-order chi connectivity index (χ1) is 9.52. The molecule has 3 atom stereocenters. The van der Waals surface area contributed by atoms with Crippen molar-refractivity contribution in [3.05, 3.63) is 34.6 Å². The third-order valence-electron chi connectivity index (χ3n) is 4.80. The molecule has 0 aromatic heterocycles. The van der Waals surface area contributed by atoms with Crippen molar-refractivity contribution in [2.24, 2.45) is 17.1 Å². The molecule has 1 saturated carbocycles. The predicted octanol–water partition coefficient (Wildman–Crippen LogP) is 4.06. The van der Waals surface area contributed by atoms with E-state index in [2.05, 4.69) is 6.92 Å². The zero-order valence-electron chi connectivity index (χ0n) is 11.9. The molecule has 0 heterocycles. The molecule has 0 radical (unpaired) electrons. The van der Waals surface area contributed by atoms with Gasteiger partial charge in [0.05, 0.1) is 6.10 Å². The van der Waals surface area contributed by atoms with Crippen molar-refractivity contribution in [3.63, 3.8) is 0 Å². The fourth-order valence-corrected chi connectivity index (χ4v) is 3.65. The molecule has 0 amide bonds. The van der Waals surface area contributed by atoms with E-state index in [0.717, 1.165) is 25.7 Å². The first-order valence-corrected chi connectivity index (χ1v) is 7.73. The van der Waals surface area contributed by atoms with Crippen LogP contribution < -0.4 is 5.73 Å². The Morgan fingerprint density at radius 1 is 1.55 bits per heavy atom. The van der Waals surface area contributed by atoms with Crippen LogP contribution in [-0.4, -0.2) is 11.7 Å². The summed E-state index contributed by atoms with van der Waals surface area (Å²) in [6.45, 7) is 2.53. The summed E-state index contributed by atoms with van der Waals surface area (Å²) in [6, 6.07) is 4.33. The highest BCUT2D eigenvalue weighted by Gasteiger charge is 2.42. The van der Waals surface area contributed by atoms with Crippen molar-refractivity contribution < 1.29 is 9.50 Å². The van der Waals surface area contributed by atoms with Crippen LogP contribution in [0.15, 0.2) is 18.2 Å². The summed E-state index contributed by atoms with van der Waals surface area (Å²) in [7, 11) is 0. The molecule has 1 aliphatic carbocycles. The third kappa shape index (κ3) is 3.00. The van der Waals surface area contributed by atoms with Gasteiger partial charge in [-0.2, -0.15) is 0 Å². The summed E-state index contributed by atoms with van der Waals surface area (Å²) in [4.78, 5) is 0. The van der Waals surface area contributed by atoms with Gasteiger partial charge in [0.2, 0.25) is 0 Å². The quantitative estimate of drug-likeness (QED) is 0.881. The molecule has 2 rings (SSSR count). The van der Waals surface area contributed by atoms with Crippen molar-refractivity contribution in [2.45, 2.75) is 45.1 Å². The number of aliphatic hydroxyl groups is 1. The van der Waals surface area contributed by atoms with Crippen LogP contribution in [0, 0.1) is 17.2 Å². The van der Waals surface area contributed by atoms with Crippen molar-refractivity contribution in [2.75, 3.05) is 6.54 Å². The van der Waals surface area contributed by atoms with E-state index in [4.69, 9.17) is 17.3 Å². The van der Waals surface area contributed by atoms with E-state index in [9.17, 15) is 9.50 Å². The maximum Gasteiger partial charge on any atom is 0.129 e. The summed E-state index contributed by atoms with van der Waals surface area (Å²) >= 11 is 5.94. The van der Waals surface area contributed by atoms with Gasteiger partial charge in [-0.15, -0.1) is 0 Å². The number of nitrogens with two attached hydrogens (primary N) is 1. The van der Waals surface area contributed by atoms with Crippen LogP contribution >= 0.6 is 11.6 Å². The fourth-order valence-electron chi connectivity index (χ4n) is 3.47. The van der Waals surface area contributed by atoms with E-state index in [1.165, 1.54) is 24.6 Å². The molecule has 1 fully saturated rings. The predicted molar refractivity (Wildman–Crippen MR) is 80.1 cm³/mol. The summed E-state index contributed by atoms with van der Waals surface area (Å²) < 4.78 is 14.0. The molecule has 1 aromatic carbocycles. The van der Waals surface area contributed by atoms with Gasteiger partial charge in [-0.25, -0.2) is 4.39 Å². The van der Waals surface area contributed by atoms with Crippen LogP contribution in [0.25, 0.3) is 0 Å². The van der Waals surface area contributed by atoms with E-state index < -0.39 is 17.3 Å². The minimum Gasteiger partial charge on any atom is -0.388 e. The second-order valence-electron chi connectivity index (χ2n) is 6.01. The van der Waals surface area contributed by atoms with E-state index in [0.29, 0.717) is 17.5 Å². The van der Waals surface area contributed by atoms with E-state index in [1.807, 2.05) is 0 Å². The van der Waals surface area contributed by atoms with Gasteiger partial charge in [-0.3, -0.25) is 0 Å². The molecule has 3 unspecified atom stereocenters. The molecule has 0 spiro atoms. The molecule has 112 valence electrons. The highest BCUT2D eigenvalue weighted by Crippen LogP contribution is 2.48. The topological polar surface area (TPSA) is 46.2 Å². The maximum absolute atomic E-state index is 14.0. The first-order valence-electron chi connectivity index (χ1n) is 7.35. The van der Waals surface area contributed by atoms with Crippen LogP contribution in [0.1, 0.15) is 50.7 Å². The van der Waals surface area contributed by atoms with Crippen LogP contribution in [-0.2, 0) is 0 Å². The lowest BCUT2D eigenvalue weighted by molar-refractivity contribution is -0.0181. The van der Waals surface area contributed by atoms with Gasteiger partial charge in [0.25, 0.3) is 0 Å². The standard InChI is InChI=1S/C16H23ClFNO/c1-2-11-4-3-7-16(9-11,10-19)15(20)13-8-12(17)5-6-14(13)18/h5-6,8,11,15,20H,2-4,7,9-10,19H2,1H3. The van der Waals surface area contributed by atoms with E-state index in [-0.39, 0.29) is 5.56 Å². The van der Waals surface area contributed by atoms with Gasteiger partial charge in [-0.05, 0) is 37.0 Å². The van der Waals surface area contributed by atoms with Gasteiger partial charge in [0, 0.05) is 22.5 Å². The average Bonchev–Trinajstić information content (AvgIpc) is 2.48. The Bertz CT molecular complexity index is 468. The molecule has 4 heteroatoms. The van der Waals surface area contributed by atoms with E-state index in [1.54, 1.807) is 0 Å². The minimum atomic E-state index is -0.888. The smallest absolute Gasteiger partial charge is 0.129 e. The van der Waals surface area contributed by atoms with Crippen molar-refractivity contribution in [3.8, 4) is 0 Å². The molecule has 0 bridgehead atoms. The Morgan fingerprint density at radius 2 is 2.30 bits per heavy atom. The largest absolute Gasteiger partial charge is 0.388 e. The van der Waals surface area contributed by atoms with Crippen molar-refractivity contribution in [1.29, 1.82) is 0 Å². The molecule has 1 aromatic rings. The van der Waals surface area contributed by atoms with Gasteiger partial charge in [0.1, 0.15) is 5.82 Å². The summed E-state index contributed by atoms with van der Waals surface area (Å²) in [5.41, 5.74) is 5.82. The zero-order chi connectivity index (χ0) is 14.8. The Labute approximate surface area is 125 Å². The third-order valence-corrected chi connectivity index (χ3v) is 5.03.